The highest BCUT2D eigenvalue weighted by Crippen LogP contribution is 2.26. The lowest BCUT2D eigenvalue weighted by Crippen LogP contribution is -2.23. The van der Waals surface area contributed by atoms with Gasteiger partial charge in [-0.1, -0.05) is 23.9 Å². The summed E-state index contributed by atoms with van der Waals surface area (Å²) >= 11 is 2.68. The van der Waals surface area contributed by atoms with Gasteiger partial charge in [-0.2, -0.15) is 0 Å². The maximum Gasteiger partial charge on any atom is 0.239 e. The highest BCUT2D eigenvalue weighted by atomic mass is 32.2. The number of aromatic nitrogens is 4. The van der Waals surface area contributed by atoms with E-state index in [0.717, 1.165) is 10.6 Å². The molecule has 0 saturated heterocycles. The first-order chi connectivity index (χ1) is 14.8. The van der Waals surface area contributed by atoms with Crippen molar-refractivity contribution in [2.45, 2.75) is 51.1 Å². The largest absolute Gasteiger partial charge is 0.323 e. The maximum atomic E-state index is 13.7. The van der Waals surface area contributed by atoms with Crippen molar-refractivity contribution in [2.75, 3.05) is 10.6 Å². The number of halogens is 1. The zero-order valence-electron chi connectivity index (χ0n) is 17.6. The van der Waals surface area contributed by atoms with Crippen LogP contribution >= 0.6 is 23.1 Å². The van der Waals surface area contributed by atoms with E-state index in [1.807, 2.05) is 20.8 Å². The van der Waals surface area contributed by atoms with Gasteiger partial charge in [-0.15, -0.1) is 21.5 Å². The third-order valence-corrected chi connectivity index (χ3v) is 6.56. The Morgan fingerprint density at radius 1 is 1.23 bits per heavy atom. The van der Waals surface area contributed by atoms with Gasteiger partial charge in [0.1, 0.15) is 11.6 Å². The van der Waals surface area contributed by atoms with Crippen molar-refractivity contribution >= 4 is 45.7 Å². The normalized spacial score (nSPS) is 11.9. The van der Waals surface area contributed by atoms with Crippen LogP contribution in [0.1, 0.15) is 30.2 Å². The van der Waals surface area contributed by atoms with Crippen LogP contribution in [0.25, 0.3) is 0 Å². The molecule has 8 nitrogen and oxygen atoms in total. The van der Waals surface area contributed by atoms with Crippen LogP contribution in [0, 0.1) is 19.7 Å². The molecule has 1 aromatic carbocycles. The van der Waals surface area contributed by atoms with Crippen molar-refractivity contribution in [3.05, 3.63) is 46.5 Å². The quantitative estimate of drug-likeness (QED) is 0.494. The molecule has 31 heavy (non-hydrogen) atoms. The molecule has 11 heteroatoms. The average Bonchev–Trinajstić information content (AvgIpc) is 3.25. The van der Waals surface area contributed by atoms with Crippen LogP contribution < -0.4 is 10.6 Å². The number of benzene rings is 1. The van der Waals surface area contributed by atoms with Crippen molar-refractivity contribution in [3.63, 3.8) is 0 Å². The van der Waals surface area contributed by atoms with Crippen LogP contribution in [0.5, 0.6) is 0 Å². The minimum absolute atomic E-state index is 0.0615. The number of carbonyl (C=O) groups excluding carboxylic acids is 2. The summed E-state index contributed by atoms with van der Waals surface area (Å²) in [6.07, 6.45) is -0.0615. The van der Waals surface area contributed by atoms with E-state index in [4.69, 9.17) is 0 Å². The van der Waals surface area contributed by atoms with Gasteiger partial charge >= 0.3 is 0 Å². The van der Waals surface area contributed by atoms with Crippen molar-refractivity contribution < 1.29 is 14.0 Å². The Labute approximate surface area is 187 Å². The standard InChI is InChI=1S/C20H23FN6O2S2/c1-5-27-16(10-17(28)23-15-9-7-6-8-14(15)21)25-26-20(27)31-13(4)18(29)24-19-22-11(2)12(3)30-19/h6-9,13H,5,10H2,1-4H3,(H,23,28)(H,22,24,29)/t13-/m0/s1. The molecule has 0 spiro atoms. The second-order valence-electron chi connectivity index (χ2n) is 6.76. The highest BCUT2D eigenvalue weighted by Gasteiger charge is 2.22. The van der Waals surface area contributed by atoms with Crippen LogP contribution in [0.2, 0.25) is 0 Å². The van der Waals surface area contributed by atoms with Gasteiger partial charge in [0.15, 0.2) is 10.3 Å². The maximum absolute atomic E-state index is 13.7. The first kappa shape index (κ1) is 22.9. The summed E-state index contributed by atoms with van der Waals surface area (Å²) in [7, 11) is 0. The molecular weight excluding hydrogens is 439 g/mol. The fourth-order valence-electron chi connectivity index (χ4n) is 2.70. The van der Waals surface area contributed by atoms with Crippen molar-refractivity contribution in [3.8, 4) is 0 Å². The second kappa shape index (κ2) is 10.0. The van der Waals surface area contributed by atoms with E-state index < -0.39 is 17.0 Å². The number of carbonyl (C=O) groups is 2. The molecule has 2 amide bonds. The lowest BCUT2D eigenvalue weighted by atomic mass is 10.3. The van der Waals surface area contributed by atoms with E-state index in [-0.39, 0.29) is 18.0 Å². The molecule has 3 aromatic rings. The van der Waals surface area contributed by atoms with Gasteiger partial charge in [-0.3, -0.25) is 9.59 Å². The number of hydrogen-bond acceptors (Lipinski definition) is 7. The molecule has 0 aliphatic rings. The Morgan fingerprint density at radius 2 is 1.97 bits per heavy atom. The number of hydrogen-bond donors (Lipinski definition) is 2. The van der Waals surface area contributed by atoms with Gasteiger partial charge < -0.3 is 15.2 Å². The second-order valence-corrected chi connectivity index (χ2v) is 9.27. The Balaban J connectivity index is 1.64. The van der Waals surface area contributed by atoms with Crippen LogP contribution in [0.4, 0.5) is 15.2 Å². The van der Waals surface area contributed by atoms with E-state index >= 15 is 0 Å². The van der Waals surface area contributed by atoms with Crippen LogP contribution in [-0.4, -0.2) is 36.8 Å². The number of nitrogens with zero attached hydrogens (tertiary/aromatic N) is 4. The predicted octanol–water partition coefficient (Wildman–Crippen LogP) is 3.81. The van der Waals surface area contributed by atoms with Crippen molar-refractivity contribution in [2.24, 2.45) is 0 Å². The SMILES string of the molecule is CCn1c(CC(=O)Nc2ccccc2F)nnc1S[C@@H](C)C(=O)Nc1nc(C)c(C)s1. The minimum atomic E-state index is -0.505. The van der Waals surface area contributed by atoms with Crippen molar-refractivity contribution in [1.82, 2.24) is 19.7 Å². The first-order valence-corrected chi connectivity index (χ1v) is 11.4. The van der Waals surface area contributed by atoms with E-state index in [0.29, 0.717) is 22.7 Å². The Bertz CT molecular complexity index is 1080. The zero-order chi connectivity index (χ0) is 22.5. The third-order valence-electron chi connectivity index (χ3n) is 4.49. The molecule has 2 aromatic heterocycles. The fraction of sp³-hybridized carbons (Fsp3) is 0.350. The summed E-state index contributed by atoms with van der Waals surface area (Å²) in [6.45, 7) is 8.04. The van der Waals surface area contributed by atoms with E-state index in [1.165, 1.54) is 35.2 Å². The van der Waals surface area contributed by atoms with E-state index in [2.05, 4.69) is 25.8 Å². The van der Waals surface area contributed by atoms with E-state index in [9.17, 15) is 14.0 Å². The number of nitrogens with one attached hydrogen (secondary N) is 2. The molecular formula is C20H23FN6O2S2. The summed E-state index contributed by atoms with van der Waals surface area (Å²) in [5.41, 5.74) is 1.01. The molecule has 0 bridgehead atoms. The average molecular weight is 463 g/mol. The molecule has 2 heterocycles. The molecule has 0 radical (unpaired) electrons. The number of thioether (sulfide) groups is 1. The molecule has 0 fully saturated rings. The Kier molecular flexibility index (Phi) is 7.39. The van der Waals surface area contributed by atoms with Crippen LogP contribution in [0.3, 0.4) is 0 Å². The zero-order valence-corrected chi connectivity index (χ0v) is 19.2. The number of aryl methyl sites for hydroxylation is 2. The van der Waals surface area contributed by atoms with Gasteiger partial charge in [0.2, 0.25) is 11.8 Å². The molecule has 0 aliphatic carbocycles. The molecule has 1 atom stereocenters. The summed E-state index contributed by atoms with van der Waals surface area (Å²) in [5.74, 6) is -0.653. The Hall–Kier alpha value is -2.79. The number of anilines is 2. The summed E-state index contributed by atoms with van der Waals surface area (Å²) in [6, 6.07) is 5.96. The summed E-state index contributed by atoms with van der Waals surface area (Å²) < 4.78 is 15.5. The van der Waals surface area contributed by atoms with Crippen molar-refractivity contribution in [1.29, 1.82) is 0 Å². The molecule has 2 N–H and O–H groups in total. The summed E-state index contributed by atoms with van der Waals surface area (Å²) in [4.78, 5) is 30.3. The lowest BCUT2D eigenvalue weighted by Gasteiger charge is -2.12. The van der Waals surface area contributed by atoms with Gasteiger partial charge in [0.05, 0.1) is 23.1 Å². The predicted molar refractivity (Wildman–Crippen MR) is 120 cm³/mol. The smallest absolute Gasteiger partial charge is 0.239 e. The minimum Gasteiger partial charge on any atom is -0.323 e. The molecule has 164 valence electrons. The lowest BCUT2D eigenvalue weighted by molar-refractivity contribution is -0.116. The number of thiazole rings is 1. The summed E-state index contributed by atoms with van der Waals surface area (Å²) in [5, 5.41) is 14.3. The van der Waals surface area contributed by atoms with E-state index in [1.54, 1.807) is 23.6 Å². The van der Waals surface area contributed by atoms with Gasteiger partial charge in [0.25, 0.3) is 0 Å². The molecule has 3 rings (SSSR count). The van der Waals surface area contributed by atoms with Gasteiger partial charge in [-0.05, 0) is 39.8 Å². The topological polar surface area (TPSA) is 102 Å². The number of rotatable bonds is 8. The third kappa shape index (κ3) is 5.67. The van der Waals surface area contributed by atoms with Gasteiger partial charge in [-0.25, -0.2) is 9.37 Å². The number of amides is 2. The molecule has 0 aliphatic heterocycles. The fourth-order valence-corrected chi connectivity index (χ4v) is 4.45. The number of para-hydroxylation sites is 1. The Morgan fingerprint density at radius 3 is 2.61 bits per heavy atom. The van der Waals surface area contributed by atoms with Crippen LogP contribution in [0.15, 0.2) is 29.4 Å². The van der Waals surface area contributed by atoms with Gasteiger partial charge in [0, 0.05) is 11.4 Å². The highest BCUT2D eigenvalue weighted by molar-refractivity contribution is 8.00. The first-order valence-electron chi connectivity index (χ1n) is 9.66. The molecule has 0 saturated carbocycles. The monoisotopic (exact) mass is 462 g/mol. The van der Waals surface area contributed by atoms with Crippen LogP contribution in [-0.2, 0) is 22.6 Å². The molecule has 0 unspecified atom stereocenters.